The van der Waals surface area contributed by atoms with E-state index in [0.717, 1.165) is 0 Å². The van der Waals surface area contributed by atoms with Crippen LogP contribution in [0.1, 0.15) is 0 Å². The molecular weight excluding hydrogens is 79.0 g/mol. The summed E-state index contributed by atoms with van der Waals surface area (Å²) >= 11 is 0. The Morgan fingerprint density at radius 1 is 1.20 bits per heavy atom. The molecule has 0 spiro atoms. The Hall–Kier alpha value is 0.170. The van der Waals surface area contributed by atoms with Crippen molar-refractivity contribution >= 4 is 8.58 Å². The highest BCUT2D eigenvalue weighted by atomic mass is 31.1. The molecule has 0 unspecified atom stereocenters. The molecule has 0 saturated heterocycles. The fraction of sp³-hybridized carbons (Fsp3) is 0.500. The zero-order chi connectivity index (χ0) is 3.54. The van der Waals surface area contributed by atoms with Crippen molar-refractivity contribution in [1.82, 2.24) is 0 Å². The predicted molar refractivity (Wildman–Crippen MR) is 25.8 cm³/mol. The molecule has 0 amide bonds. The lowest BCUT2D eigenvalue weighted by atomic mass is 10.6. The van der Waals surface area contributed by atoms with Gasteiger partial charge in [-0.15, -0.1) is 0 Å². The van der Waals surface area contributed by atoms with Gasteiger partial charge in [0.2, 0.25) is 0 Å². The first kappa shape index (κ1) is 3.36. The first-order chi connectivity index (χ1) is 2.50. The molecule has 1 radical (unpaired) electrons. The molecule has 0 atom stereocenters. The molecule has 5 heavy (non-hydrogen) atoms. The summed E-state index contributed by atoms with van der Waals surface area (Å²) in [7, 11) is 1.58. The monoisotopic (exact) mass is 85.0 g/mol. The van der Waals surface area contributed by atoms with Crippen LogP contribution in [0.15, 0.2) is 12.2 Å². The van der Waals surface area contributed by atoms with Gasteiger partial charge in [-0.1, -0.05) is 20.7 Å². The summed E-state index contributed by atoms with van der Waals surface area (Å²) in [6.45, 7) is 0. The maximum atomic E-state index is 2.22. The fourth-order valence-electron chi connectivity index (χ4n) is 0.373. The van der Waals surface area contributed by atoms with Crippen LogP contribution in [0.4, 0.5) is 0 Å². The molecule has 1 heterocycles. The summed E-state index contributed by atoms with van der Waals surface area (Å²) in [5, 5.41) is 0. The second-order valence-electron chi connectivity index (χ2n) is 1.06. The van der Waals surface area contributed by atoms with Crippen LogP contribution in [0.3, 0.4) is 0 Å². The van der Waals surface area contributed by atoms with E-state index in [4.69, 9.17) is 0 Å². The lowest BCUT2D eigenvalue weighted by Gasteiger charge is -1.68. The Kier molecular flexibility index (Phi) is 1.05. The quantitative estimate of drug-likeness (QED) is 0.309. The Balaban J connectivity index is 2.32. The second-order valence-corrected chi connectivity index (χ2v) is 2.24. The van der Waals surface area contributed by atoms with E-state index in [1.165, 1.54) is 12.3 Å². The molecule has 1 aliphatic heterocycles. The van der Waals surface area contributed by atoms with E-state index >= 15 is 0 Å². The number of hydrogen-bond acceptors (Lipinski definition) is 0. The summed E-state index contributed by atoms with van der Waals surface area (Å²) in [6, 6.07) is 0. The lowest BCUT2D eigenvalue weighted by Crippen LogP contribution is -1.48. The molecule has 1 rings (SSSR count). The van der Waals surface area contributed by atoms with Crippen LogP contribution in [0, 0.1) is 0 Å². The molecule has 0 aromatic carbocycles. The van der Waals surface area contributed by atoms with Crippen molar-refractivity contribution in [2.24, 2.45) is 0 Å². The molecule has 0 aliphatic carbocycles. The number of allylic oxidation sites excluding steroid dienone is 2. The van der Waals surface area contributed by atoms with Crippen LogP contribution < -0.4 is 0 Å². The van der Waals surface area contributed by atoms with Crippen molar-refractivity contribution in [3.05, 3.63) is 12.2 Å². The van der Waals surface area contributed by atoms with Crippen LogP contribution >= 0.6 is 8.58 Å². The molecule has 0 aromatic heterocycles. The third kappa shape index (κ3) is 0.735. The Labute approximate surface area is 34.1 Å². The van der Waals surface area contributed by atoms with Crippen LogP contribution in [-0.4, -0.2) is 12.3 Å². The highest BCUT2D eigenvalue weighted by Crippen LogP contribution is 2.14. The van der Waals surface area contributed by atoms with E-state index in [0.29, 0.717) is 0 Å². The first-order valence-electron chi connectivity index (χ1n) is 1.78. The Bertz CT molecular complexity index is 41.6. The molecule has 1 heteroatoms. The summed E-state index contributed by atoms with van der Waals surface area (Å²) in [6.07, 6.45) is 7.03. The second kappa shape index (κ2) is 1.57. The lowest BCUT2D eigenvalue weighted by molar-refractivity contribution is 1.78. The van der Waals surface area contributed by atoms with Crippen LogP contribution in [0.25, 0.3) is 0 Å². The SMILES string of the molecule is C1=CC[P]C1. The van der Waals surface area contributed by atoms with Crippen molar-refractivity contribution in [1.29, 1.82) is 0 Å². The Morgan fingerprint density at radius 3 is 2.00 bits per heavy atom. The molecule has 0 bridgehead atoms. The van der Waals surface area contributed by atoms with Gasteiger partial charge in [-0.05, 0) is 12.3 Å². The van der Waals surface area contributed by atoms with Gasteiger partial charge < -0.3 is 0 Å². The van der Waals surface area contributed by atoms with Crippen LogP contribution in [-0.2, 0) is 0 Å². The third-order valence-electron chi connectivity index (χ3n) is 0.636. The highest BCUT2D eigenvalue weighted by Gasteiger charge is 1.85. The van der Waals surface area contributed by atoms with Gasteiger partial charge in [0, 0.05) is 0 Å². The zero-order valence-electron chi connectivity index (χ0n) is 3.02. The van der Waals surface area contributed by atoms with Crippen molar-refractivity contribution in [3.63, 3.8) is 0 Å². The van der Waals surface area contributed by atoms with E-state index in [2.05, 4.69) is 12.2 Å². The summed E-state index contributed by atoms with van der Waals surface area (Å²) in [5.41, 5.74) is 0. The average Bonchev–Trinajstić information content (AvgIpc) is 1.76. The van der Waals surface area contributed by atoms with E-state index in [1.54, 1.807) is 8.58 Å². The predicted octanol–water partition coefficient (Wildman–Crippen LogP) is 1.50. The molecule has 0 fully saturated rings. The number of hydrogen-bond donors (Lipinski definition) is 0. The minimum Gasteiger partial charge on any atom is -0.0835 e. The third-order valence-corrected chi connectivity index (χ3v) is 1.57. The van der Waals surface area contributed by atoms with Crippen LogP contribution in [0.5, 0.6) is 0 Å². The van der Waals surface area contributed by atoms with Gasteiger partial charge in [0.1, 0.15) is 0 Å². The van der Waals surface area contributed by atoms with Crippen molar-refractivity contribution in [2.75, 3.05) is 12.3 Å². The standard InChI is InChI=1S/C4H6P/c1-2-4-5-3-1/h1-2H,3-4H2. The average molecular weight is 85.1 g/mol. The van der Waals surface area contributed by atoms with Gasteiger partial charge in [0.15, 0.2) is 0 Å². The normalized spacial score (nSPS) is 20.8. The molecule has 0 aromatic rings. The van der Waals surface area contributed by atoms with Crippen molar-refractivity contribution < 1.29 is 0 Å². The minimum atomic E-state index is 1.29. The Morgan fingerprint density at radius 2 is 1.80 bits per heavy atom. The minimum absolute atomic E-state index is 1.29. The van der Waals surface area contributed by atoms with Crippen molar-refractivity contribution in [2.45, 2.75) is 0 Å². The fourth-order valence-corrected chi connectivity index (χ4v) is 1.12. The molecule has 0 saturated carbocycles. The summed E-state index contributed by atoms with van der Waals surface area (Å²) in [4.78, 5) is 0. The molecule has 0 nitrogen and oxygen atoms in total. The van der Waals surface area contributed by atoms with Gasteiger partial charge in [-0.2, -0.15) is 0 Å². The van der Waals surface area contributed by atoms with Gasteiger partial charge >= 0.3 is 0 Å². The zero-order valence-corrected chi connectivity index (χ0v) is 3.91. The first-order valence-corrected chi connectivity index (χ1v) is 3.05. The largest absolute Gasteiger partial charge is 0.0835 e. The molecule has 1 aliphatic rings. The maximum absolute atomic E-state index is 2.22. The van der Waals surface area contributed by atoms with Crippen LogP contribution in [0.2, 0.25) is 0 Å². The van der Waals surface area contributed by atoms with E-state index in [9.17, 15) is 0 Å². The molecule has 27 valence electrons. The van der Waals surface area contributed by atoms with Gasteiger partial charge in [-0.3, -0.25) is 0 Å². The van der Waals surface area contributed by atoms with Gasteiger partial charge in [-0.25, -0.2) is 0 Å². The summed E-state index contributed by atoms with van der Waals surface area (Å²) < 4.78 is 0. The van der Waals surface area contributed by atoms with E-state index in [-0.39, 0.29) is 0 Å². The smallest absolute Gasteiger partial charge is 0.0103 e. The summed E-state index contributed by atoms with van der Waals surface area (Å²) in [5.74, 6) is 0. The van der Waals surface area contributed by atoms with E-state index in [1.807, 2.05) is 0 Å². The van der Waals surface area contributed by atoms with Gasteiger partial charge in [0.05, 0.1) is 0 Å². The highest BCUT2D eigenvalue weighted by molar-refractivity contribution is 7.38. The maximum Gasteiger partial charge on any atom is -0.0103 e. The number of rotatable bonds is 0. The molecular formula is C4H6P. The topological polar surface area (TPSA) is 0 Å². The molecule has 0 N–H and O–H groups in total. The van der Waals surface area contributed by atoms with Crippen molar-refractivity contribution in [3.8, 4) is 0 Å². The van der Waals surface area contributed by atoms with E-state index < -0.39 is 0 Å². The van der Waals surface area contributed by atoms with Gasteiger partial charge in [0.25, 0.3) is 0 Å².